The molecule has 7 heteroatoms. The van der Waals surface area contributed by atoms with Crippen LogP contribution < -0.4 is 10.9 Å². The molecule has 5 nitrogen and oxygen atoms in total. The Morgan fingerprint density at radius 3 is 2.88 bits per heavy atom. The molecule has 2 aromatic heterocycles. The highest BCUT2D eigenvalue weighted by molar-refractivity contribution is 7.98. The van der Waals surface area contributed by atoms with Crippen molar-refractivity contribution >= 4 is 34.7 Å². The van der Waals surface area contributed by atoms with Gasteiger partial charge in [-0.25, -0.2) is 4.68 Å². The second kappa shape index (κ2) is 7.46. The van der Waals surface area contributed by atoms with Gasteiger partial charge in [0.1, 0.15) is 12.2 Å². The van der Waals surface area contributed by atoms with Gasteiger partial charge in [-0.15, -0.1) is 23.1 Å². The zero-order valence-corrected chi connectivity index (χ0v) is 14.6. The lowest BCUT2D eigenvalue weighted by Crippen LogP contribution is -2.29. The molecule has 1 amide bonds. The molecule has 24 heavy (non-hydrogen) atoms. The summed E-state index contributed by atoms with van der Waals surface area (Å²) in [7, 11) is 0. The fourth-order valence-corrected chi connectivity index (χ4v) is 3.31. The van der Waals surface area contributed by atoms with Crippen LogP contribution in [-0.4, -0.2) is 21.9 Å². The molecule has 0 saturated heterocycles. The molecule has 3 rings (SSSR count). The summed E-state index contributed by atoms with van der Waals surface area (Å²) in [5.74, 6) is -0.286. The molecule has 0 unspecified atom stereocenters. The topological polar surface area (TPSA) is 64.0 Å². The van der Waals surface area contributed by atoms with Crippen LogP contribution in [0.2, 0.25) is 0 Å². The predicted molar refractivity (Wildman–Crippen MR) is 98.7 cm³/mol. The number of anilines is 1. The van der Waals surface area contributed by atoms with E-state index in [4.69, 9.17) is 0 Å². The summed E-state index contributed by atoms with van der Waals surface area (Å²) in [6.45, 7) is -0.123. The summed E-state index contributed by atoms with van der Waals surface area (Å²) >= 11 is 3.13. The Bertz CT molecular complexity index is 904. The van der Waals surface area contributed by atoms with Crippen LogP contribution in [0.25, 0.3) is 10.6 Å². The van der Waals surface area contributed by atoms with Crippen LogP contribution in [0.15, 0.2) is 63.6 Å². The van der Waals surface area contributed by atoms with Gasteiger partial charge < -0.3 is 5.32 Å². The average molecular weight is 357 g/mol. The van der Waals surface area contributed by atoms with Crippen molar-refractivity contribution in [3.8, 4) is 10.6 Å². The highest BCUT2D eigenvalue weighted by Gasteiger charge is 2.09. The first-order valence-corrected chi connectivity index (χ1v) is 9.32. The van der Waals surface area contributed by atoms with Crippen molar-refractivity contribution in [2.45, 2.75) is 11.4 Å². The molecule has 0 atom stereocenters. The molecule has 0 fully saturated rings. The van der Waals surface area contributed by atoms with Gasteiger partial charge in [0, 0.05) is 16.6 Å². The van der Waals surface area contributed by atoms with Crippen LogP contribution >= 0.6 is 23.1 Å². The number of rotatable bonds is 5. The van der Waals surface area contributed by atoms with Gasteiger partial charge in [0.05, 0.1) is 4.88 Å². The number of nitrogens with one attached hydrogen (secondary N) is 1. The summed E-state index contributed by atoms with van der Waals surface area (Å²) in [5, 5.41) is 9.02. The van der Waals surface area contributed by atoms with Crippen LogP contribution in [0.3, 0.4) is 0 Å². The van der Waals surface area contributed by atoms with E-state index in [0.29, 0.717) is 11.4 Å². The van der Waals surface area contributed by atoms with E-state index in [1.54, 1.807) is 17.8 Å². The number of hydrogen-bond acceptors (Lipinski definition) is 5. The molecule has 0 aliphatic heterocycles. The number of thiophene rings is 1. The first-order chi connectivity index (χ1) is 11.7. The number of benzene rings is 1. The molecule has 1 N–H and O–H groups in total. The molecular formula is C17H15N3O2S2. The molecule has 0 aliphatic carbocycles. The number of thioether (sulfide) groups is 1. The lowest BCUT2D eigenvalue weighted by Gasteiger charge is -2.08. The van der Waals surface area contributed by atoms with Crippen molar-refractivity contribution in [1.29, 1.82) is 0 Å². The maximum atomic E-state index is 12.2. The highest BCUT2D eigenvalue weighted by atomic mass is 32.2. The smallest absolute Gasteiger partial charge is 0.267 e. The van der Waals surface area contributed by atoms with Gasteiger partial charge in [-0.05, 0) is 42.0 Å². The van der Waals surface area contributed by atoms with Crippen LogP contribution in [0.5, 0.6) is 0 Å². The average Bonchev–Trinajstić information content (AvgIpc) is 3.11. The molecule has 0 radical (unpaired) electrons. The third-order valence-electron chi connectivity index (χ3n) is 3.29. The van der Waals surface area contributed by atoms with Gasteiger partial charge in [0.25, 0.3) is 5.56 Å². The van der Waals surface area contributed by atoms with E-state index < -0.39 is 0 Å². The van der Waals surface area contributed by atoms with Gasteiger partial charge in [0.15, 0.2) is 0 Å². The second-order valence-electron chi connectivity index (χ2n) is 4.97. The first-order valence-electron chi connectivity index (χ1n) is 7.21. The van der Waals surface area contributed by atoms with Crippen molar-refractivity contribution in [3.63, 3.8) is 0 Å². The summed E-state index contributed by atoms with van der Waals surface area (Å²) in [6.07, 6.45) is 1.97. The third-order valence-corrected chi connectivity index (χ3v) is 4.90. The molecule has 3 aromatic rings. The summed E-state index contributed by atoms with van der Waals surface area (Å²) in [4.78, 5) is 26.2. The lowest BCUT2D eigenvalue weighted by atomic mass is 10.3. The number of carbonyl (C=O) groups excluding carboxylic acids is 1. The number of amides is 1. The van der Waals surface area contributed by atoms with Crippen molar-refractivity contribution in [1.82, 2.24) is 9.78 Å². The van der Waals surface area contributed by atoms with Crippen molar-refractivity contribution in [2.24, 2.45) is 0 Å². The van der Waals surface area contributed by atoms with Crippen LogP contribution in [0, 0.1) is 0 Å². The van der Waals surface area contributed by atoms with Gasteiger partial charge >= 0.3 is 0 Å². The molecule has 0 aliphatic rings. The van der Waals surface area contributed by atoms with E-state index in [1.165, 1.54) is 22.1 Å². The highest BCUT2D eigenvalue weighted by Crippen LogP contribution is 2.21. The normalized spacial score (nSPS) is 10.5. The number of nitrogens with zero attached hydrogens (tertiary/aromatic N) is 2. The monoisotopic (exact) mass is 357 g/mol. The van der Waals surface area contributed by atoms with Crippen molar-refractivity contribution in [2.75, 3.05) is 11.6 Å². The Labute approximate surface area is 147 Å². The van der Waals surface area contributed by atoms with Gasteiger partial charge in [-0.2, -0.15) is 5.10 Å². The van der Waals surface area contributed by atoms with Crippen molar-refractivity contribution in [3.05, 3.63) is 64.3 Å². The van der Waals surface area contributed by atoms with E-state index in [0.717, 1.165) is 9.77 Å². The summed E-state index contributed by atoms with van der Waals surface area (Å²) < 4.78 is 1.18. The Kier molecular flexibility index (Phi) is 5.12. The Balaban J connectivity index is 1.76. The lowest BCUT2D eigenvalue weighted by molar-refractivity contribution is -0.117. The van der Waals surface area contributed by atoms with Gasteiger partial charge in [-0.3, -0.25) is 9.59 Å². The number of carbonyl (C=O) groups is 1. The minimum absolute atomic E-state index is 0.123. The zero-order chi connectivity index (χ0) is 16.9. The molecule has 1 aromatic carbocycles. The SMILES string of the molecule is CSc1cccc(NC(=O)Cn2nc(-c3cccs3)ccc2=O)c1. The van der Waals surface area contributed by atoms with Crippen LogP contribution in [0.4, 0.5) is 5.69 Å². The first kappa shape index (κ1) is 16.5. The molecule has 0 saturated carbocycles. The fourth-order valence-electron chi connectivity index (χ4n) is 2.16. The number of aromatic nitrogens is 2. The minimum atomic E-state index is -0.302. The molecule has 0 spiro atoms. The number of hydrogen-bond donors (Lipinski definition) is 1. The Morgan fingerprint density at radius 1 is 1.25 bits per heavy atom. The van der Waals surface area contributed by atoms with Crippen molar-refractivity contribution < 1.29 is 4.79 Å². The predicted octanol–water partition coefficient (Wildman–Crippen LogP) is 3.33. The fraction of sp³-hybridized carbons (Fsp3) is 0.118. The molecular weight excluding hydrogens is 342 g/mol. The van der Waals surface area contributed by atoms with E-state index >= 15 is 0 Å². The maximum Gasteiger partial charge on any atom is 0.267 e. The van der Waals surface area contributed by atoms with E-state index in [1.807, 2.05) is 48.0 Å². The summed E-state index contributed by atoms with van der Waals surface area (Å²) in [6, 6.07) is 14.5. The minimum Gasteiger partial charge on any atom is -0.324 e. The third kappa shape index (κ3) is 3.93. The molecule has 122 valence electrons. The van der Waals surface area contributed by atoms with E-state index in [9.17, 15) is 9.59 Å². The van der Waals surface area contributed by atoms with Gasteiger partial charge in [-0.1, -0.05) is 12.1 Å². The quantitative estimate of drug-likeness (QED) is 0.712. The standard InChI is InChI=1S/C17H15N3O2S2/c1-23-13-5-2-4-12(10-13)18-16(21)11-20-17(22)8-7-14(19-20)15-6-3-9-24-15/h2-10H,11H2,1H3,(H,18,21). The van der Waals surface area contributed by atoms with Crippen LogP contribution in [-0.2, 0) is 11.3 Å². The Morgan fingerprint density at radius 2 is 2.12 bits per heavy atom. The second-order valence-corrected chi connectivity index (χ2v) is 6.80. The van der Waals surface area contributed by atoms with Gasteiger partial charge in [0.2, 0.25) is 5.91 Å². The molecule has 2 heterocycles. The van der Waals surface area contributed by atoms with E-state index in [-0.39, 0.29) is 18.0 Å². The van der Waals surface area contributed by atoms with Crippen LogP contribution in [0.1, 0.15) is 0 Å². The zero-order valence-electron chi connectivity index (χ0n) is 12.9. The largest absolute Gasteiger partial charge is 0.324 e. The maximum absolute atomic E-state index is 12.2. The Hall–Kier alpha value is -2.38. The molecule has 0 bridgehead atoms. The van der Waals surface area contributed by atoms with E-state index in [2.05, 4.69) is 10.4 Å². The summed E-state index contributed by atoms with van der Waals surface area (Å²) in [5.41, 5.74) is 1.08.